The van der Waals surface area contributed by atoms with Gasteiger partial charge in [0.2, 0.25) is 0 Å². The number of nitro benzene ring substituents is 1. The van der Waals surface area contributed by atoms with Crippen LogP contribution >= 0.6 is 0 Å². The quantitative estimate of drug-likeness (QED) is 0.511. The smallest absolute Gasteiger partial charge is 0.269 e. The number of benzene rings is 2. The van der Waals surface area contributed by atoms with Crippen molar-refractivity contribution in [1.82, 2.24) is 14.9 Å². The van der Waals surface area contributed by atoms with Crippen LogP contribution in [0.25, 0.3) is 0 Å². The van der Waals surface area contributed by atoms with Crippen molar-refractivity contribution in [3.05, 3.63) is 76.9 Å². The Morgan fingerprint density at radius 1 is 1.08 bits per heavy atom. The summed E-state index contributed by atoms with van der Waals surface area (Å²) in [6, 6.07) is 14.0. The molecule has 0 aliphatic carbocycles. The van der Waals surface area contributed by atoms with Crippen LogP contribution in [0.4, 0.5) is 11.4 Å². The Morgan fingerprint density at radius 2 is 1.71 bits per heavy atom. The van der Waals surface area contributed by atoms with E-state index < -0.39 is 4.92 Å². The monoisotopic (exact) mass is 325 g/mol. The highest BCUT2D eigenvalue weighted by Gasteiger charge is 2.12. The summed E-state index contributed by atoms with van der Waals surface area (Å²) in [4.78, 5) is 10.4. The molecule has 0 aliphatic rings. The summed E-state index contributed by atoms with van der Waals surface area (Å²) in [5, 5.41) is 20.4. The number of nitrogens with zero attached hydrogens (tertiary/aromatic N) is 5. The van der Waals surface area contributed by atoms with Crippen LogP contribution in [0.15, 0.2) is 61.2 Å². The molecule has 0 fully saturated rings. The largest absolute Gasteiger partial charge is 0.497 e. The molecule has 0 saturated carbocycles. The van der Waals surface area contributed by atoms with Crippen molar-refractivity contribution in [3.63, 3.8) is 0 Å². The maximum Gasteiger partial charge on any atom is 0.269 e. The summed E-state index contributed by atoms with van der Waals surface area (Å²) >= 11 is 0. The normalized spacial score (nSPS) is 10.4. The molecule has 0 bridgehead atoms. The molecular weight excluding hydrogens is 310 g/mol. The van der Waals surface area contributed by atoms with E-state index in [0.29, 0.717) is 6.54 Å². The molecule has 0 N–H and O–H groups in total. The van der Waals surface area contributed by atoms with E-state index >= 15 is 0 Å². The second-order valence-corrected chi connectivity index (χ2v) is 5.02. The van der Waals surface area contributed by atoms with E-state index in [1.807, 2.05) is 29.3 Å². The van der Waals surface area contributed by atoms with Crippen LogP contribution in [0.3, 0.4) is 0 Å². The van der Waals surface area contributed by atoms with Gasteiger partial charge in [0.25, 0.3) is 5.69 Å². The molecule has 1 aromatic heterocycles. The van der Waals surface area contributed by atoms with E-state index in [9.17, 15) is 10.1 Å². The van der Waals surface area contributed by atoms with Crippen LogP contribution in [-0.2, 0) is 6.54 Å². The topological polar surface area (TPSA) is 86.3 Å². The fraction of sp³-hybridized carbons (Fsp3) is 0.125. The number of aromatic nitrogens is 3. The van der Waals surface area contributed by atoms with Gasteiger partial charge >= 0.3 is 0 Å². The second kappa shape index (κ2) is 6.78. The fourth-order valence-corrected chi connectivity index (χ4v) is 2.28. The Morgan fingerprint density at radius 3 is 2.25 bits per heavy atom. The lowest BCUT2D eigenvalue weighted by molar-refractivity contribution is -0.384. The van der Waals surface area contributed by atoms with Crippen LogP contribution < -0.4 is 9.75 Å². The first kappa shape index (κ1) is 15.5. The zero-order chi connectivity index (χ0) is 16.9. The van der Waals surface area contributed by atoms with Crippen molar-refractivity contribution >= 4 is 11.4 Å². The summed E-state index contributed by atoms with van der Waals surface area (Å²) in [7, 11) is 1.62. The number of hydrogen-bond donors (Lipinski definition) is 0. The van der Waals surface area contributed by atoms with E-state index in [1.165, 1.54) is 12.1 Å². The Balaban J connectivity index is 1.90. The van der Waals surface area contributed by atoms with E-state index in [-0.39, 0.29) is 5.69 Å². The molecule has 2 aromatic carbocycles. The predicted molar refractivity (Wildman–Crippen MR) is 87.7 cm³/mol. The first-order valence-corrected chi connectivity index (χ1v) is 7.17. The third-order valence-electron chi connectivity index (χ3n) is 3.54. The molecule has 1 heterocycles. The molecule has 0 spiro atoms. The maximum atomic E-state index is 10.8. The van der Waals surface area contributed by atoms with Crippen LogP contribution in [0.1, 0.15) is 5.56 Å². The van der Waals surface area contributed by atoms with Crippen molar-refractivity contribution < 1.29 is 9.66 Å². The van der Waals surface area contributed by atoms with Crippen molar-refractivity contribution in [2.24, 2.45) is 0 Å². The number of rotatable bonds is 6. The molecule has 3 rings (SSSR count). The van der Waals surface area contributed by atoms with Gasteiger partial charge in [-0.2, -0.15) is 0 Å². The second-order valence-electron chi connectivity index (χ2n) is 5.02. The highest BCUT2D eigenvalue weighted by molar-refractivity contribution is 5.51. The Labute approximate surface area is 138 Å². The summed E-state index contributed by atoms with van der Waals surface area (Å²) in [6.07, 6.45) is 3.15. The minimum Gasteiger partial charge on any atom is -0.497 e. The standard InChI is InChI=1S/C16H15N5O3/c1-24-16-8-2-13(3-9-16)10-20(19-11-17-18-12-19)14-4-6-15(7-5-14)21(22)23/h2-9,11-12H,10H2,1H3. The molecular formula is C16H15N5O3. The van der Waals surface area contributed by atoms with Crippen molar-refractivity contribution in [2.75, 3.05) is 12.1 Å². The zero-order valence-electron chi connectivity index (χ0n) is 12.9. The van der Waals surface area contributed by atoms with Crippen LogP contribution in [0.5, 0.6) is 5.75 Å². The minimum atomic E-state index is -0.420. The fourth-order valence-electron chi connectivity index (χ4n) is 2.28. The van der Waals surface area contributed by atoms with Gasteiger partial charge in [0.1, 0.15) is 18.4 Å². The number of anilines is 1. The van der Waals surface area contributed by atoms with Gasteiger partial charge in [-0.05, 0) is 29.8 Å². The SMILES string of the molecule is COc1ccc(CN(c2ccc([N+](=O)[O-])cc2)n2cnnc2)cc1. The maximum absolute atomic E-state index is 10.8. The van der Waals surface area contributed by atoms with Crippen molar-refractivity contribution in [3.8, 4) is 5.75 Å². The molecule has 0 amide bonds. The van der Waals surface area contributed by atoms with Crippen LogP contribution in [0, 0.1) is 10.1 Å². The average Bonchev–Trinajstić information content (AvgIpc) is 3.14. The van der Waals surface area contributed by atoms with Gasteiger partial charge in [0.05, 0.1) is 24.3 Å². The molecule has 0 aliphatic heterocycles. The predicted octanol–water partition coefficient (Wildman–Crippen LogP) is 2.66. The Hall–Kier alpha value is -3.42. The number of methoxy groups -OCH3 is 1. The minimum absolute atomic E-state index is 0.0481. The number of non-ortho nitro benzene ring substituents is 1. The molecule has 122 valence electrons. The molecule has 0 unspecified atom stereocenters. The summed E-state index contributed by atoms with van der Waals surface area (Å²) in [6.45, 7) is 0.542. The lowest BCUT2D eigenvalue weighted by Gasteiger charge is -2.25. The lowest BCUT2D eigenvalue weighted by atomic mass is 10.2. The first-order valence-electron chi connectivity index (χ1n) is 7.17. The first-order chi connectivity index (χ1) is 11.7. The third kappa shape index (κ3) is 3.32. The Bertz CT molecular complexity index is 801. The van der Waals surface area contributed by atoms with E-state index in [4.69, 9.17) is 4.74 Å². The zero-order valence-corrected chi connectivity index (χ0v) is 12.9. The van der Waals surface area contributed by atoms with Crippen molar-refractivity contribution in [1.29, 1.82) is 0 Å². The number of nitro groups is 1. The number of hydrogen-bond acceptors (Lipinski definition) is 6. The van der Waals surface area contributed by atoms with Gasteiger partial charge in [0.15, 0.2) is 0 Å². The molecule has 0 atom stereocenters. The summed E-state index contributed by atoms with van der Waals surface area (Å²) < 4.78 is 6.89. The van der Waals surface area contributed by atoms with Gasteiger partial charge in [-0.3, -0.25) is 15.1 Å². The van der Waals surface area contributed by atoms with Gasteiger partial charge in [-0.15, -0.1) is 10.2 Å². The van der Waals surface area contributed by atoms with Crippen LogP contribution in [-0.4, -0.2) is 26.9 Å². The van der Waals surface area contributed by atoms with Gasteiger partial charge < -0.3 is 4.74 Å². The highest BCUT2D eigenvalue weighted by atomic mass is 16.6. The molecule has 0 saturated heterocycles. The Kier molecular flexibility index (Phi) is 4.37. The highest BCUT2D eigenvalue weighted by Crippen LogP contribution is 2.22. The molecule has 0 radical (unpaired) electrons. The molecule has 8 nitrogen and oxygen atoms in total. The van der Waals surface area contributed by atoms with Gasteiger partial charge in [-0.1, -0.05) is 12.1 Å². The number of ether oxygens (including phenoxy) is 1. The average molecular weight is 325 g/mol. The molecule has 8 heteroatoms. The summed E-state index contributed by atoms with van der Waals surface area (Å²) in [5.74, 6) is 0.782. The van der Waals surface area contributed by atoms with E-state index in [2.05, 4.69) is 10.2 Å². The van der Waals surface area contributed by atoms with Gasteiger partial charge in [0, 0.05) is 12.1 Å². The summed E-state index contributed by atoms with van der Waals surface area (Å²) in [5.41, 5.74) is 1.88. The van der Waals surface area contributed by atoms with Gasteiger partial charge in [-0.25, -0.2) is 4.68 Å². The molecule has 3 aromatic rings. The third-order valence-corrected chi connectivity index (χ3v) is 3.54. The van der Waals surface area contributed by atoms with E-state index in [1.54, 1.807) is 36.6 Å². The lowest BCUT2D eigenvalue weighted by Crippen LogP contribution is -2.27. The van der Waals surface area contributed by atoms with Crippen molar-refractivity contribution in [2.45, 2.75) is 6.54 Å². The van der Waals surface area contributed by atoms with E-state index in [0.717, 1.165) is 17.0 Å². The van der Waals surface area contributed by atoms with Crippen LogP contribution in [0.2, 0.25) is 0 Å². The molecule has 24 heavy (non-hydrogen) atoms.